The van der Waals surface area contributed by atoms with Gasteiger partial charge in [0.05, 0.1) is 11.4 Å². The fourth-order valence-electron chi connectivity index (χ4n) is 5.91. The van der Waals surface area contributed by atoms with E-state index in [2.05, 4.69) is 82.1 Å². The number of nitrogens with one attached hydrogen (secondary N) is 2. The molecule has 3 aromatic heterocycles. The zero-order chi connectivity index (χ0) is 29.5. The van der Waals surface area contributed by atoms with Gasteiger partial charge in [0.15, 0.2) is 0 Å². The van der Waals surface area contributed by atoms with E-state index < -0.39 is 0 Å². The molecule has 2 aromatic carbocycles. The van der Waals surface area contributed by atoms with E-state index in [-0.39, 0.29) is 5.91 Å². The number of hydrogen-bond donors (Lipinski definition) is 2. The number of likely N-dealkylation sites (N-methyl/N-ethyl adjacent to an activating group) is 1. The summed E-state index contributed by atoms with van der Waals surface area (Å²) in [6, 6.07) is 17.2. The molecule has 1 fully saturated rings. The molecule has 8 heteroatoms. The molecule has 8 nitrogen and oxygen atoms in total. The normalized spacial score (nSPS) is 14.0. The van der Waals surface area contributed by atoms with Crippen molar-refractivity contribution in [2.45, 2.75) is 20.8 Å². The summed E-state index contributed by atoms with van der Waals surface area (Å²) < 4.78 is 1.91. The van der Waals surface area contributed by atoms with Crippen LogP contribution in [0.15, 0.2) is 67.4 Å². The number of nitrogens with zero attached hydrogens (tertiary/aromatic N) is 5. The van der Waals surface area contributed by atoms with E-state index in [0.29, 0.717) is 0 Å². The van der Waals surface area contributed by atoms with Crippen LogP contribution < -0.4 is 10.2 Å². The number of hydrogen-bond acceptors (Lipinski definition) is 5. The van der Waals surface area contributed by atoms with E-state index in [9.17, 15) is 4.79 Å². The first-order chi connectivity index (χ1) is 20.2. The van der Waals surface area contributed by atoms with Crippen molar-refractivity contribution in [3.05, 3.63) is 84.3 Å². The smallest absolute Gasteiger partial charge is 0.247 e. The predicted molar refractivity (Wildman–Crippen MR) is 172 cm³/mol. The number of rotatable bonds is 6. The summed E-state index contributed by atoms with van der Waals surface area (Å²) in [5, 5.41) is 8.62. The Kier molecular flexibility index (Phi) is 7.16. The van der Waals surface area contributed by atoms with E-state index in [4.69, 9.17) is 4.98 Å². The topological polar surface area (TPSA) is 82.1 Å². The SMILES string of the molecule is C=CC(=O)Nc1cc(-c2c(-c3ccc(N4CCN(C)CC4)cc3)[nH]c3ncc(-c4c(C)nn(C)c4C)cc23)ccc1C. The summed E-state index contributed by atoms with van der Waals surface area (Å²) in [5.41, 5.74) is 12.1. The summed E-state index contributed by atoms with van der Waals surface area (Å²) in [6.07, 6.45) is 3.21. The minimum absolute atomic E-state index is 0.236. The summed E-state index contributed by atoms with van der Waals surface area (Å²) in [5.74, 6) is -0.236. The largest absolute Gasteiger partial charge is 0.369 e. The molecule has 1 saturated heterocycles. The number of fused-ring (bicyclic) bond motifs is 1. The van der Waals surface area contributed by atoms with Gasteiger partial charge in [0, 0.05) is 78.6 Å². The van der Waals surface area contributed by atoms with E-state index >= 15 is 0 Å². The first-order valence-corrected chi connectivity index (χ1v) is 14.3. The van der Waals surface area contributed by atoms with Gasteiger partial charge in [0.2, 0.25) is 5.91 Å². The quantitative estimate of drug-likeness (QED) is 0.246. The molecule has 1 aliphatic heterocycles. The van der Waals surface area contributed by atoms with E-state index in [1.807, 2.05) is 43.9 Å². The second kappa shape index (κ2) is 10.9. The Morgan fingerprint density at radius 2 is 1.64 bits per heavy atom. The monoisotopic (exact) mass is 559 g/mol. The molecular weight excluding hydrogens is 522 g/mol. The Hall–Kier alpha value is -4.69. The molecule has 0 atom stereocenters. The molecule has 0 aliphatic carbocycles. The molecule has 0 saturated carbocycles. The molecule has 42 heavy (non-hydrogen) atoms. The van der Waals surface area contributed by atoms with Crippen LogP contribution in [0.3, 0.4) is 0 Å². The molecule has 0 unspecified atom stereocenters. The molecule has 2 N–H and O–H groups in total. The zero-order valence-electron chi connectivity index (χ0n) is 25.0. The van der Waals surface area contributed by atoms with Gasteiger partial charge in [-0.15, -0.1) is 0 Å². The first-order valence-electron chi connectivity index (χ1n) is 14.3. The Bertz CT molecular complexity index is 1800. The van der Waals surface area contributed by atoms with Crippen LogP contribution in [0.25, 0.3) is 44.5 Å². The molecule has 4 heterocycles. The summed E-state index contributed by atoms with van der Waals surface area (Å²) in [4.78, 5) is 25.5. The van der Waals surface area contributed by atoms with Crippen LogP contribution in [-0.4, -0.2) is 63.8 Å². The highest BCUT2D eigenvalue weighted by Crippen LogP contribution is 2.41. The van der Waals surface area contributed by atoms with Crippen LogP contribution in [-0.2, 0) is 11.8 Å². The van der Waals surface area contributed by atoms with E-state index in [1.54, 1.807) is 0 Å². The molecule has 1 amide bonds. The van der Waals surface area contributed by atoms with Crippen molar-refractivity contribution in [1.82, 2.24) is 24.6 Å². The number of benzene rings is 2. The van der Waals surface area contributed by atoms with Gasteiger partial charge >= 0.3 is 0 Å². The second-order valence-electron chi connectivity index (χ2n) is 11.2. The maximum absolute atomic E-state index is 12.2. The van der Waals surface area contributed by atoms with Crippen molar-refractivity contribution in [1.29, 1.82) is 0 Å². The Balaban J connectivity index is 1.51. The van der Waals surface area contributed by atoms with Crippen molar-refractivity contribution in [2.75, 3.05) is 43.4 Å². The zero-order valence-corrected chi connectivity index (χ0v) is 25.0. The number of pyridine rings is 1. The minimum Gasteiger partial charge on any atom is -0.369 e. The maximum Gasteiger partial charge on any atom is 0.247 e. The number of amides is 1. The van der Waals surface area contributed by atoms with Crippen LogP contribution in [0.5, 0.6) is 0 Å². The first kappa shape index (κ1) is 27.5. The number of H-pyrrole nitrogens is 1. The molecule has 0 radical (unpaired) electrons. The molecular formula is C34H37N7O. The Morgan fingerprint density at radius 3 is 2.31 bits per heavy atom. The van der Waals surface area contributed by atoms with Gasteiger partial charge in [0.1, 0.15) is 5.65 Å². The number of anilines is 2. The number of piperazine rings is 1. The molecule has 0 bridgehead atoms. The number of carbonyl (C=O) groups is 1. The lowest BCUT2D eigenvalue weighted by Crippen LogP contribution is -2.44. The van der Waals surface area contributed by atoms with Crippen molar-refractivity contribution in [3.63, 3.8) is 0 Å². The van der Waals surface area contributed by atoms with Crippen LogP contribution in [0.2, 0.25) is 0 Å². The highest BCUT2D eigenvalue weighted by Gasteiger charge is 2.21. The number of aryl methyl sites for hydroxylation is 3. The Morgan fingerprint density at radius 1 is 0.929 bits per heavy atom. The summed E-state index contributed by atoms with van der Waals surface area (Å²) in [7, 11) is 4.14. The lowest BCUT2D eigenvalue weighted by molar-refractivity contribution is -0.111. The van der Waals surface area contributed by atoms with Gasteiger partial charge in [-0.25, -0.2) is 4.98 Å². The van der Waals surface area contributed by atoms with Crippen molar-refractivity contribution >= 4 is 28.3 Å². The van der Waals surface area contributed by atoms with Crippen molar-refractivity contribution < 1.29 is 4.79 Å². The van der Waals surface area contributed by atoms with E-state index in [0.717, 1.165) is 93.4 Å². The summed E-state index contributed by atoms with van der Waals surface area (Å²) >= 11 is 0. The number of carbonyl (C=O) groups excluding carboxylic acids is 1. The fourth-order valence-corrected chi connectivity index (χ4v) is 5.91. The third-order valence-electron chi connectivity index (χ3n) is 8.44. The van der Waals surface area contributed by atoms with Crippen LogP contribution in [0, 0.1) is 20.8 Å². The number of aromatic nitrogens is 4. The van der Waals surface area contributed by atoms with Crippen LogP contribution in [0.1, 0.15) is 17.0 Å². The third kappa shape index (κ3) is 4.99. The fraction of sp³-hybridized carbons (Fsp3) is 0.265. The van der Waals surface area contributed by atoms with Crippen LogP contribution in [0.4, 0.5) is 11.4 Å². The highest BCUT2D eigenvalue weighted by molar-refractivity contribution is 6.05. The minimum atomic E-state index is -0.236. The van der Waals surface area contributed by atoms with E-state index in [1.165, 1.54) is 11.8 Å². The van der Waals surface area contributed by atoms with Crippen molar-refractivity contribution in [3.8, 4) is 33.5 Å². The van der Waals surface area contributed by atoms with Gasteiger partial charge in [-0.05, 0) is 74.9 Å². The average molecular weight is 560 g/mol. The van der Waals surface area contributed by atoms with Crippen LogP contribution >= 0.6 is 0 Å². The van der Waals surface area contributed by atoms with Gasteiger partial charge in [0.25, 0.3) is 0 Å². The third-order valence-corrected chi connectivity index (χ3v) is 8.44. The van der Waals surface area contributed by atoms with Crippen molar-refractivity contribution in [2.24, 2.45) is 7.05 Å². The lowest BCUT2D eigenvalue weighted by atomic mass is 9.95. The lowest BCUT2D eigenvalue weighted by Gasteiger charge is -2.34. The van der Waals surface area contributed by atoms with Gasteiger partial charge in [-0.3, -0.25) is 9.48 Å². The molecule has 0 spiro atoms. The highest BCUT2D eigenvalue weighted by atomic mass is 16.1. The van der Waals surface area contributed by atoms with Gasteiger partial charge in [-0.2, -0.15) is 5.10 Å². The molecule has 1 aliphatic rings. The molecule has 6 rings (SSSR count). The van der Waals surface area contributed by atoms with Gasteiger partial charge < -0.3 is 20.1 Å². The Labute approximate surface area is 246 Å². The van der Waals surface area contributed by atoms with Gasteiger partial charge in [-0.1, -0.05) is 30.8 Å². The number of aromatic amines is 1. The second-order valence-corrected chi connectivity index (χ2v) is 11.2. The predicted octanol–water partition coefficient (Wildman–Crippen LogP) is 6.10. The standard InChI is InChI=1S/C34H37N7O/c1-7-30(42)36-29-19-25(9-8-21(29)2)32-28-18-26(31-22(3)38-40(6)23(31)4)20-35-34(28)37-33(32)24-10-12-27(13-11-24)41-16-14-39(5)15-17-41/h7-13,18-20H,1,14-17H2,2-6H3,(H,35,37)(H,36,42). The molecule has 214 valence electrons. The summed E-state index contributed by atoms with van der Waals surface area (Å²) in [6.45, 7) is 13.9. The maximum atomic E-state index is 12.2. The average Bonchev–Trinajstić information content (AvgIpc) is 3.49. The molecule has 5 aromatic rings.